The maximum absolute atomic E-state index is 13.8. The van der Waals surface area contributed by atoms with Crippen LogP contribution >= 0.6 is 0 Å². The largest absolute Gasteiger partial charge is 0.508 e. The zero-order valence-electron chi connectivity index (χ0n) is 22.5. The molecule has 0 aromatic heterocycles. The van der Waals surface area contributed by atoms with Crippen LogP contribution in [0.3, 0.4) is 0 Å². The number of hydrogen-bond acceptors (Lipinski definition) is 4. The summed E-state index contributed by atoms with van der Waals surface area (Å²) in [6.45, 7) is 2.53. The topological polar surface area (TPSA) is 81.1 Å². The standard InChI is InChI=1S/C31H46N2O4/c34-28-10-6-9-24(19-28)25-17-26-11-12-27(18-25)33(26)16-15-32(22-23-7-2-1-3-8-23)29(35)20-31(21-30(36)37)13-4-5-14-31/h6,9-10,19,23,25-27,34H,1-5,7-8,11-18,20-22H2,(H,36,37). The van der Waals surface area contributed by atoms with Crippen LogP contribution in [-0.2, 0) is 9.59 Å². The first-order valence-electron chi connectivity index (χ1n) is 14.9. The fourth-order valence-corrected chi connectivity index (χ4v) is 8.22. The molecule has 0 radical (unpaired) electrons. The first-order chi connectivity index (χ1) is 17.9. The van der Waals surface area contributed by atoms with E-state index in [1.165, 1.54) is 50.5 Å². The minimum atomic E-state index is -0.764. The maximum Gasteiger partial charge on any atom is 0.303 e. The van der Waals surface area contributed by atoms with Crippen LogP contribution in [0.1, 0.15) is 108 Å². The van der Waals surface area contributed by atoms with Gasteiger partial charge in [0.15, 0.2) is 0 Å². The predicted octanol–water partition coefficient (Wildman–Crippen LogP) is 5.94. The summed E-state index contributed by atoms with van der Waals surface area (Å²) in [4.78, 5) is 30.2. The highest BCUT2D eigenvalue weighted by molar-refractivity contribution is 5.78. The number of fused-ring (bicyclic) bond motifs is 2. The Labute approximate surface area is 222 Å². The van der Waals surface area contributed by atoms with Crippen molar-refractivity contribution in [1.82, 2.24) is 9.80 Å². The van der Waals surface area contributed by atoms with Crippen molar-refractivity contribution in [3.05, 3.63) is 29.8 Å². The smallest absolute Gasteiger partial charge is 0.303 e. The molecular weight excluding hydrogens is 464 g/mol. The minimum absolute atomic E-state index is 0.128. The number of benzene rings is 1. The highest BCUT2D eigenvalue weighted by Crippen LogP contribution is 2.45. The summed E-state index contributed by atoms with van der Waals surface area (Å²) in [6.07, 6.45) is 15.3. The second kappa shape index (κ2) is 11.8. The Morgan fingerprint density at radius 2 is 1.65 bits per heavy atom. The number of amides is 1. The fourth-order valence-electron chi connectivity index (χ4n) is 8.22. The van der Waals surface area contributed by atoms with Crippen molar-refractivity contribution in [3.8, 4) is 5.75 Å². The van der Waals surface area contributed by atoms with Gasteiger partial charge in [0.2, 0.25) is 5.91 Å². The zero-order valence-corrected chi connectivity index (χ0v) is 22.5. The molecule has 2 bridgehead atoms. The van der Waals surface area contributed by atoms with Crippen LogP contribution in [0.25, 0.3) is 0 Å². The lowest BCUT2D eigenvalue weighted by Crippen LogP contribution is -2.48. The van der Waals surface area contributed by atoms with Crippen molar-refractivity contribution in [3.63, 3.8) is 0 Å². The number of nitrogens with zero attached hydrogens (tertiary/aromatic N) is 2. The van der Waals surface area contributed by atoms with Gasteiger partial charge in [-0.1, -0.05) is 44.2 Å². The highest BCUT2D eigenvalue weighted by Gasteiger charge is 2.42. The molecule has 6 nitrogen and oxygen atoms in total. The Hall–Kier alpha value is -2.08. The number of carboxylic acids is 1. The van der Waals surface area contributed by atoms with Crippen LogP contribution < -0.4 is 0 Å². The van der Waals surface area contributed by atoms with E-state index in [4.69, 9.17) is 0 Å². The van der Waals surface area contributed by atoms with Gasteiger partial charge in [-0.3, -0.25) is 14.5 Å². The minimum Gasteiger partial charge on any atom is -0.508 e. The number of carboxylic acid groups (broad SMARTS) is 1. The van der Waals surface area contributed by atoms with Gasteiger partial charge in [-0.15, -0.1) is 0 Å². The SMILES string of the molecule is O=C(O)CC1(CC(=O)N(CCN2C3CCC2CC(c2cccc(O)c2)C3)CC2CCCCC2)CCCC1. The van der Waals surface area contributed by atoms with Crippen LogP contribution in [-0.4, -0.2) is 63.6 Å². The van der Waals surface area contributed by atoms with Gasteiger partial charge in [0, 0.05) is 38.1 Å². The predicted molar refractivity (Wildman–Crippen MR) is 145 cm³/mol. The van der Waals surface area contributed by atoms with Gasteiger partial charge in [0.25, 0.3) is 0 Å². The van der Waals surface area contributed by atoms with E-state index in [9.17, 15) is 19.8 Å². The lowest BCUT2D eigenvalue weighted by Gasteiger charge is -2.41. The van der Waals surface area contributed by atoms with Crippen molar-refractivity contribution >= 4 is 11.9 Å². The van der Waals surface area contributed by atoms with Crippen molar-refractivity contribution in [1.29, 1.82) is 0 Å². The molecular formula is C31H46N2O4. The number of carbonyl (C=O) groups excluding carboxylic acids is 1. The number of carbonyl (C=O) groups is 2. The molecule has 2 aliphatic heterocycles. The van der Waals surface area contributed by atoms with Gasteiger partial charge in [-0.2, -0.15) is 0 Å². The van der Waals surface area contributed by atoms with E-state index in [2.05, 4.69) is 15.9 Å². The van der Waals surface area contributed by atoms with E-state index in [0.29, 0.717) is 36.1 Å². The molecule has 2 saturated heterocycles. The molecule has 2 aliphatic carbocycles. The molecule has 1 aromatic rings. The quantitative estimate of drug-likeness (QED) is 0.407. The Kier molecular flexibility index (Phi) is 8.43. The molecule has 4 fully saturated rings. The first kappa shape index (κ1) is 26.5. The van der Waals surface area contributed by atoms with Crippen LogP contribution in [0.2, 0.25) is 0 Å². The van der Waals surface area contributed by atoms with Crippen LogP contribution in [0.4, 0.5) is 0 Å². The Morgan fingerprint density at radius 1 is 0.946 bits per heavy atom. The van der Waals surface area contributed by atoms with Crippen LogP contribution in [0.5, 0.6) is 5.75 Å². The molecule has 2 heterocycles. The normalized spacial score (nSPS) is 27.8. The molecule has 0 spiro atoms. The van der Waals surface area contributed by atoms with Gasteiger partial charge < -0.3 is 15.1 Å². The molecule has 37 heavy (non-hydrogen) atoms. The second-order valence-electron chi connectivity index (χ2n) is 12.7. The number of rotatable bonds is 10. The molecule has 2 unspecified atom stereocenters. The third-order valence-corrected chi connectivity index (χ3v) is 10.1. The van der Waals surface area contributed by atoms with E-state index in [1.807, 2.05) is 12.1 Å². The molecule has 5 rings (SSSR count). The summed E-state index contributed by atoms with van der Waals surface area (Å²) in [7, 11) is 0. The number of aliphatic carboxylic acids is 1. The zero-order chi connectivity index (χ0) is 25.8. The van der Waals surface area contributed by atoms with Gasteiger partial charge in [-0.25, -0.2) is 0 Å². The van der Waals surface area contributed by atoms with Crippen molar-refractivity contribution < 1.29 is 19.8 Å². The average molecular weight is 511 g/mol. The van der Waals surface area contributed by atoms with Crippen molar-refractivity contribution in [2.45, 2.75) is 114 Å². The average Bonchev–Trinajstić information content (AvgIpc) is 3.41. The van der Waals surface area contributed by atoms with Crippen LogP contribution in [0.15, 0.2) is 24.3 Å². The lowest BCUT2D eigenvalue weighted by molar-refractivity contribution is -0.141. The second-order valence-corrected chi connectivity index (χ2v) is 12.7. The molecule has 204 valence electrons. The molecule has 4 aliphatic rings. The number of piperidine rings is 1. The van der Waals surface area contributed by atoms with E-state index < -0.39 is 5.97 Å². The molecule has 1 aromatic carbocycles. The highest BCUT2D eigenvalue weighted by atomic mass is 16.4. The molecule has 6 heteroatoms. The third kappa shape index (κ3) is 6.50. The maximum atomic E-state index is 13.8. The number of phenols is 1. The summed E-state index contributed by atoms with van der Waals surface area (Å²) in [5.74, 6) is 0.867. The molecule has 2 atom stereocenters. The first-order valence-corrected chi connectivity index (χ1v) is 14.9. The fraction of sp³-hybridized carbons (Fsp3) is 0.742. The number of hydrogen-bond donors (Lipinski definition) is 2. The Bertz CT molecular complexity index is 923. The summed E-state index contributed by atoms with van der Waals surface area (Å²) in [5, 5.41) is 19.5. The summed E-state index contributed by atoms with van der Waals surface area (Å²) < 4.78 is 0. The number of aromatic hydroxyl groups is 1. The third-order valence-electron chi connectivity index (χ3n) is 10.1. The monoisotopic (exact) mass is 510 g/mol. The van der Waals surface area contributed by atoms with Gasteiger partial charge in [0.05, 0.1) is 6.42 Å². The summed E-state index contributed by atoms with van der Waals surface area (Å²) in [6, 6.07) is 8.88. The summed E-state index contributed by atoms with van der Waals surface area (Å²) >= 11 is 0. The van der Waals surface area contributed by atoms with E-state index >= 15 is 0 Å². The van der Waals surface area contributed by atoms with Gasteiger partial charge in [0.1, 0.15) is 5.75 Å². The number of phenolic OH excluding ortho intramolecular Hbond substituents is 1. The van der Waals surface area contributed by atoms with E-state index in [-0.39, 0.29) is 17.7 Å². The van der Waals surface area contributed by atoms with Gasteiger partial charge >= 0.3 is 5.97 Å². The van der Waals surface area contributed by atoms with Crippen molar-refractivity contribution in [2.75, 3.05) is 19.6 Å². The van der Waals surface area contributed by atoms with Crippen molar-refractivity contribution in [2.24, 2.45) is 11.3 Å². The van der Waals surface area contributed by atoms with Gasteiger partial charge in [-0.05, 0) is 86.3 Å². The van der Waals surface area contributed by atoms with E-state index in [0.717, 1.165) is 58.2 Å². The Balaban J connectivity index is 1.24. The van der Waals surface area contributed by atoms with Crippen LogP contribution in [0, 0.1) is 11.3 Å². The molecule has 2 N–H and O–H groups in total. The lowest BCUT2D eigenvalue weighted by atomic mass is 9.79. The molecule has 1 amide bonds. The molecule has 2 saturated carbocycles. The summed E-state index contributed by atoms with van der Waals surface area (Å²) in [5.41, 5.74) is 0.915. The Morgan fingerprint density at radius 3 is 2.30 bits per heavy atom. The van der Waals surface area contributed by atoms with E-state index in [1.54, 1.807) is 6.07 Å².